The summed E-state index contributed by atoms with van der Waals surface area (Å²) in [7, 11) is -4.11. The maximum absolute atomic E-state index is 13.9. The minimum Gasteiger partial charge on any atom is -0.352 e. The zero-order valence-corrected chi connectivity index (χ0v) is 23.6. The van der Waals surface area contributed by atoms with Gasteiger partial charge in [-0.25, -0.2) is 12.8 Å². The van der Waals surface area contributed by atoms with Gasteiger partial charge in [0.2, 0.25) is 11.8 Å². The summed E-state index contributed by atoms with van der Waals surface area (Å²) in [6.45, 7) is 6.88. The summed E-state index contributed by atoms with van der Waals surface area (Å²) in [6, 6.07) is 19.5. The topological polar surface area (TPSA) is 86.8 Å². The van der Waals surface area contributed by atoms with Gasteiger partial charge in [-0.15, -0.1) is 0 Å². The zero-order valence-electron chi connectivity index (χ0n) is 22.8. The van der Waals surface area contributed by atoms with Crippen molar-refractivity contribution in [3.05, 3.63) is 95.8 Å². The van der Waals surface area contributed by atoms with E-state index in [0.29, 0.717) is 17.7 Å². The lowest BCUT2D eigenvalue weighted by Crippen LogP contribution is -2.52. The van der Waals surface area contributed by atoms with Crippen LogP contribution in [0.25, 0.3) is 0 Å². The number of hydrogen-bond donors (Lipinski definition) is 1. The van der Waals surface area contributed by atoms with Crippen LogP contribution in [-0.2, 0) is 32.6 Å². The minimum atomic E-state index is -4.11. The summed E-state index contributed by atoms with van der Waals surface area (Å²) in [6.07, 6.45) is 1.49. The number of hydrogen-bond acceptors (Lipinski definition) is 4. The Balaban J connectivity index is 2.01. The molecule has 0 saturated carbocycles. The highest BCUT2D eigenvalue weighted by Crippen LogP contribution is 2.25. The lowest BCUT2D eigenvalue weighted by atomic mass is 10.1. The molecule has 39 heavy (non-hydrogen) atoms. The number of nitrogens with one attached hydrogen (secondary N) is 1. The molecule has 3 aromatic carbocycles. The molecule has 0 aliphatic rings. The summed E-state index contributed by atoms with van der Waals surface area (Å²) in [4.78, 5) is 28.3. The molecule has 0 heterocycles. The Kier molecular flexibility index (Phi) is 10.2. The molecule has 0 spiro atoms. The fraction of sp³-hybridized carbons (Fsp3) is 0.333. The first-order valence-electron chi connectivity index (χ1n) is 13.1. The Labute approximate surface area is 230 Å². The molecular weight excluding hydrogens is 517 g/mol. The van der Waals surface area contributed by atoms with E-state index in [1.165, 1.54) is 41.3 Å². The predicted octanol–water partition coefficient (Wildman–Crippen LogP) is 4.92. The number of amides is 2. The lowest BCUT2D eigenvalue weighted by molar-refractivity contribution is -0.139. The van der Waals surface area contributed by atoms with E-state index < -0.39 is 34.3 Å². The van der Waals surface area contributed by atoms with Crippen molar-refractivity contribution >= 4 is 27.5 Å². The van der Waals surface area contributed by atoms with Gasteiger partial charge in [-0.05, 0) is 74.2 Å². The third-order valence-corrected chi connectivity index (χ3v) is 8.47. The quantitative estimate of drug-likeness (QED) is 0.345. The second-order valence-electron chi connectivity index (χ2n) is 9.49. The first-order chi connectivity index (χ1) is 18.6. The van der Waals surface area contributed by atoms with Crippen molar-refractivity contribution in [1.82, 2.24) is 10.2 Å². The van der Waals surface area contributed by atoms with Gasteiger partial charge >= 0.3 is 0 Å². The third-order valence-electron chi connectivity index (χ3n) is 6.68. The summed E-state index contributed by atoms with van der Waals surface area (Å²) < 4.78 is 42.1. The van der Waals surface area contributed by atoms with Crippen LogP contribution >= 0.6 is 0 Å². The number of anilines is 1. The number of rotatable bonds is 12. The summed E-state index contributed by atoms with van der Waals surface area (Å²) in [5, 5.41) is 2.89. The van der Waals surface area contributed by atoms with E-state index in [0.717, 1.165) is 16.3 Å². The molecule has 0 aliphatic carbocycles. The Hall–Kier alpha value is -3.72. The molecule has 0 aromatic heterocycles. The maximum atomic E-state index is 13.9. The maximum Gasteiger partial charge on any atom is 0.264 e. The summed E-state index contributed by atoms with van der Waals surface area (Å²) in [5.74, 6) is -1.34. The number of carbonyl (C=O) groups excluding carboxylic acids is 2. The van der Waals surface area contributed by atoms with Crippen molar-refractivity contribution in [2.24, 2.45) is 0 Å². The molecule has 3 aromatic rings. The SMILES string of the molecule is CCc1ccc(N(CC(=O)N(Cc2ccc(F)cc2)[C@@H](C)C(=O)N[C@@H](C)CC)S(=O)(=O)c2ccccc2)cc1. The van der Waals surface area contributed by atoms with Gasteiger partial charge in [0.05, 0.1) is 10.6 Å². The average Bonchev–Trinajstić information content (AvgIpc) is 2.95. The van der Waals surface area contributed by atoms with Crippen molar-refractivity contribution in [3.8, 4) is 0 Å². The molecule has 0 bridgehead atoms. The molecule has 0 aliphatic heterocycles. The monoisotopic (exact) mass is 553 g/mol. The highest BCUT2D eigenvalue weighted by atomic mass is 32.2. The minimum absolute atomic E-state index is 0.00219. The van der Waals surface area contributed by atoms with Crippen LogP contribution in [0.3, 0.4) is 0 Å². The molecule has 0 saturated heterocycles. The molecule has 7 nitrogen and oxygen atoms in total. The average molecular weight is 554 g/mol. The Morgan fingerprint density at radius 3 is 2.03 bits per heavy atom. The standard InChI is InChI=1S/C30H36FN3O4S/c1-5-22(3)32-30(36)23(4)33(20-25-12-16-26(31)17-13-25)29(35)21-34(27-18-14-24(6-2)15-19-27)39(37,38)28-10-8-7-9-11-28/h7-19,22-23H,5-6,20-21H2,1-4H3,(H,32,36)/t22-,23-/m0/s1. The van der Waals surface area contributed by atoms with E-state index in [9.17, 15) is 22.4 Å². The smallest absolute Gasteiger partial charge is 0.264 e. The molecule has 0 radical (unpaired) electrons. The van der Waals surface area contributed by atoms with Crippen LogP contribution in [0.15, 0.2) is 83.8 Å². The number of nitrogens with zero attached hydrogens (tertiary/aromatic N) is 2. The van der Waals surface area contributed by atoms with Crippen LogP contribution in [0.5, 0.6) is 0 Å². The fourth-order valence-corrected chi connectivity index (χ4v) is 5.42. The largest absolute Gasteiger partial charge is 0.352 e. The van der Waals surface area contributed by atoms with Gasteiger partial charge in [0, 0.05) is 12.6 Å². The predicted molar refractivity (Wildman–Crippen MR) is 151 cm³/mol. The summed E-state index contributed by atoms with van der Waals surface area (Å²) in [5.41, 5.74) is 1.97. The Morgan fingerprint density at radius 2 is 1.46 bits per heavy atom. The molecule has 9 heteroatoms. The van der Waals surface area contributed by atoms with Crippen molar-refractivity contribution in [1.29, 1.82) is 0 Å². The zero-order chi connectivity index (χ0) is 28.6. The van der Waals surface area contributed by atoms with E-state index in [1.807, 2.05) is 32.9 Å². The fourth-order valence-electron chi connectivity index (χ4n) is 3.98. The number of halogens is 1. The van der Waals surface area contributed by atoms with Gasteiger partial charge in [0.25, 0.3) is 10.0 Å². The number of benzene rings is 3. The van der Waals surface area contributed by atoms with E-state index in [2.05, 4.69) is 5.32 Å². The van der Waals surface area contributed by atoms with Gasteiger partial charge in [-0.2, -0.15) is 0 Å². The van der Waals surface area contributed by atoms with Gasteiger partial charge in [0.15, 0.2) is 0 Å². The van der Waals surface area contributed by atoms with Crippen molar-refractivity contribution in [2.75, 3.05) is 10.8 Å². The van der Waals surface area contributed by atoms with Crippen molar-refractivity contribution in [2.45, 2.75) is 64.1 Å². The highest BCUT2D eigenvalue weighted by molar-refractivity contribution is 7.92. The van der Waals surface area contributed by atoms with Crippen LogP contribution in [0.2, 0.25) is 0 Å². The van der Waals surface area contributed by atoms with Crippen LogP contribution < -0.4 is 9.62 Å². The second-order valence-corrected chi connectivity index (χ2v) is 11.3. The second kappa shape index (κ2) is 13.4. The van der Waals surface area contributed by atoms with E-state index in [4.69, 9.17) is 0 Å². The molecule has 3 rings (SSSR count). The number of carbonyl (C=O) groups is 2. The Bertz CT molecular complexity index is 1350. The van der Waals surface area contributed by atoms with Gasteiger partial charge < -0.3 is 10.2 Å². The van der Waals surface area contributed by atoms with Crippen LogP contribution in [0, 0.1) is 5.82 Å². The first-order valence-corrected chi connectivity index (χ1v) is 14.5. The van der Waals surface area contributed by atoms with Crippen LogP contribution in [0.4, 0.5) is 10.1 Å². The number of aryl methyl sites for hydroxylation is 1. The molecule has 0 fully saturated rings. The Morgan fingerprint density at radius 1 is 0.872 bits per heavy atom. The molecule has 2 atom stereocenters. The number of sulfonamides is 1. The highest BCUT2D eigenvalue weighted by Gasteiger charge is 2.32. The van der Waals surface area contributed by atoms with Crippen LogP contribution in [-0.4, -0.2) is 43.8 Å². The van der Waals surface area contributed by atoms with Crippen LogP contribution in [0.1, 0.15) is 45.2 Å². The molecule has 2 amide bonds. The van der Waals surface area contributed by atoms with E-state index >= 15 is 0 Å². The normalized spacial score (nSPS) is 12.8. The first kappa shape index (κ1) is 29.8. The van der Waals surface area contributed by atoms with Gasteiger partial charge in [-0.1, -0.05) is 56.3 Å². The summed E-state index contributed by atoms with van der Waals surface area (Å²) >= 11 is 0. The van der Waals surface area contributed by atoms with Gasteiger partial charge in [0.1, 0.15) is 18.4 Å². The van der Waals surface area contributed by atoms with Crippen molar-refractivity contribution in [3.63, 3.8) is 0 Å². The van der Waals surface area contributed by atoms with Gasteiger partial charge in [-0.3, -0.25) is 13.9 Å². The van der Waals surface area contributed by atoms with E-state index in [-0.39, 0.29) is 23.4 Å². The third kappa shape index (κ3) is 7.66. The lowest BCUT2D eigenvalue weighted by Gasteiger charge is -2.32. The van der Waals surface area contributed by atoms with E-state index in [1.54, 1.807) is 37.3 Å². The molecule has 0 unspecified atom stereocenters. The molecule has 208 valence electrons. The molecule has 1 N–H and O–H groups in total. The van der Waals surface area contributed by atoms with Crippen molar-refractivity contribution < 1.29 is 22.4 Å². The molecular formula is C30H36FN3O4S.